The summed E-state index contributed by atoms with van der Waals surface area (Å²) < 4.78 is 8.82. The van der Waals surface area contributed by atoms with Gasteiger partial charge in [0, 0.05) is 0 Å². The summed E-state index contributed by atoms with van der Waals surface area (Å²) in [6.45, 7) is 0. The lowest BCUT2D eigenvalue weighted by atomic mass is 10.3. The van der Waals surface area contributed by atoms with Crippen molar-refractivity contribution in [2.75, 3.05) is 0 Å². The fourth-order valence-corrected chi connectivity index (χ4v) is 2.92. The Morgan fingerprint density at radius 3 is 2.04 bits per heavy atom. The van der Waals surface area contributed by atoms with E-state index in [1.165, 1.54) is 10.8 Å². The maximum absolute atomic E-state index is 12.8. The van der Waals surface area contributed by atoms with Crippen molar-refractivity contribution < 1.29 is 4.52 Å². The van der Waals surface area contributed by atoms with Crippen LogP contribution >= 0.6 is 12.2 Å². The predicted molar refractivity (Wildman–Crippen MR) is 89.8 cm³/mol. The Hall–Kier alpha value is -2.99. The summed E-state index contributed by atoms with van der Waals surface area (Å²) >= 11 is 5.58. The van der Waals surface area contributed by atoms with Crippen LogP contribution in [0.15, 0.2) is 76.2 Å². The number of aromatic nitrogens is 3. The molecule has 0 fully saturated rings. The zero-order valence-electron chi connectivity index (χ0n) is 11.9. The van der Waals surface area contributed by atoms with Crippen molar-refractivity contribution in [2.45, 2.75) is 0 Å². The van der Waals surface area contributed by atoms with Gasteiger partial charge in [0.15, 0.2) is 4.77 Å². The molecule has 0 saturated heterocycles. The van der Waals surface area contributed by atoms with E-state index in [1.807, 2.05) is 60.7 Å². The topological polar surface area (TPSA) is 53.0 Å². The molecule has 2 heterocycles. The minimum Gasteiger partial charge on any atom is -0.337 e. The second kappa shape index (κ2) is 5.33. The number of nitrogens with zero attached hydrogens (tertiary/aromatic N) is 3. The third-order valence-corrected chi connectivity index (χ3v) is 3.96. The van der Waals surface area contributed by atoms with E-state index in [9.17, 15) is 4.79 Å². The monoisotopic (exact) mass is 321 g/mol. The molecule has 6 heteroatoms. The molecule has 0 amide bonds. The van der Waals surface area contributed by atoms with Gasteiger partial charge in [0.2, 0.25) is 0 Å². The number of benzene rings is 2. The van der Waals surface area contributed by atoms with Crippen LogP contribution in [0.2, 0.25) is 0 Å². The molecule has 4 rings (SSSR count). The molecule has 112 valence electrons. The van der Waals surface area contributed by atoms with Gasteiger partial charge in [-0.25, -0.2) is 0 Å². The largest absolute Gasteiger partial charge is 0.337 e. The average Bonchev–Trinajstić information content (AvgIpc) is 3.07. The number of hydrogen-bond donors (Lipinski definition) is 0. The molecule has 0 atom stereocenters. The zero-order valence-corrected chi connectivity index (χ0v) is 12.7. The maximum atomic E-state index is 12.8. The van der Waals surface area contributed by atoms with E-state index in [4.69, 9.17) is 16.7 Å². The highest BCUT2D eigenvalue weighted by atomic mass is 32.1. The molecule has 4 aromatic rings. The highest BCUT2D eigenvalue weighted by Crippen LogP contribution is 2.18. The molecule has 2 aromatic carbocycles. The van der Waals surface area contributed by atoms with Crippen LogP contribution in [0.5, 0.6) is 0 Å². The Balaban J connectivity index is 2.18. The third kappa shape index (κ3) is 2.11. The first-order chi connectivity index (χ1) is 11.3. The Kier molecular flexibility index (Phi) is 3.17. The van der Waals surface area contributed by atoms with Crippen LogP contribution in [0.25, 0.3) is 22.5 Å². The Labute approximate surface area is 136 Å². The maximum Gasteiger partial charge on any atom is 0.271 e. The molecule has 0 aliphatic heterocycles. The molecule has 5 nitrogen and oxygen atoms in total. The predicted octanol–water partition coefficient (Wildman–Crippen LogP) is 3.50. The van der Waals surface area contributed by atoms with E-state index in [0.717, 1.165) is 5.69 Å². The second-order valence-electron chi connectivity index (χ2n) is 4.97. The molecule has 0 spiro atoms. The average molecular weight is 321 g/mol. The van der Waals surface area contributed by atoms with E-state index >= 15 is 0 Å². The molecule has 0 saturated carbocycles. The van der Waals surface area contributed by atoms with Gasteiger partial charge in [0.25, 0.3) is 11.3 Å². The summed E-state index contributed by atoms with van der Waals surface area (Å²) in [5, 5.41) is 4.15. The third-order valence-electron chi connectivity index (χ3n) is 3.60. The standard InChI is InChI=1S/C17H11N3O2S/c21-15-14-11-18-22-16(14)20(13-9-5-2-6-10-13)17(23)19(15)12-7-3-1-4-8-12/h1-11H. The zero-order chi connectivity index (χ0) is 15.8. The highest BCUT2D eigenvalue weighted by molar-refractivity contribution is 7.71. The lowest BCUT2D eigenvalue weighted by Gasteiger charge is -2.12. The van der Waals surface area contributed by atoms with E-state index in [-0.39, 0.29) is 5.56 Å². The summed E-state index contributed by atoms with van der Waals surface area (Å²) in [5.41, 5.74) is 1.61. The molecular weight excluding hydrogens is 310 g/mol. The van der Waals surface area contributed by atoms with Crippen molar-refractivity contribution in [1.82, 2.24) is 14.3 Å². The fourth-order valence-electron chi connectivity index (χ4n) is 2.55. The smallest absolute Gasteiger partial charge is 0.271 e. The Morgan fingerprint density at radius 2 is 1.43 bits per heavy atom. The van der Waals surface area contributed by atoms with Crippen LogP contribution in [-0.4, -0.2) is 14.3 Å². The van der Waals surface area contributed by atoms with Crippen LogP contribution in [0.3, 0.4) is 0 Å². The molecule has 0 unspecified atom stereocenters. The van der Waals surface area contributed by atoms with Crippen molar-refractivity contribution in [3.63, 3.8) is 0 Å². The molecular formula is C17H11N3O2S. The first kappa shape index (κ1) is 13.7. The summed E-state index contributed by atoms with van der Waals surface area (Å²) in [6, 6.07) is 18.8. The van der Waals surface area contributed by atoms with Crippen molar-refractivity contribution >= 4 is 23.3 Å². The van der Waals surface area contributed by atoms with Gasteiger partial charge < -0.3 is 4.52 Å². The quantitative estimate of drug-likeness (QED) is 0.530. The molecule has 0 bridgehead atoms. The van der Waals surface area contributed by atoms with Gasteiger partial charge >= 0.3 is 0 Å². The van der Waals surface area contributed by atoms with Gasteiger partial charge in [-0.15, -0.1) is 0 Å². The second-order valence-corrected chi connectivity index (χ2v) is 5.34. The molecule has 23 heavy (non-hydrogen) atoms. The van der Waals surface area contributed by atoms with Gasteiger partial charge in [0.05, 0.1) is 17.6 Å². The summed E-state index contributed by atoms with van der Waals surface area (Å²) in [4.78, 5) is 12.8. The van der Waals surface area contributed by atoms with Gasteiger partial charge in [-0.3, -0.25) is 13.9 Å². The van der Waals surface area contributed by atoms with Crippen LogP contribution in [0.1, 0.15) is 0 Å². The van der Waals surface area contributed by atoms with E-state index in [2.05, 4.69) is 5.16 Å². The first-order valence-electron chi connectivity index (χ1n) is 7.00. The van der Waals surface area contributed by atoms with Gasteiger partial charge in [-0.1, -0.05) is 41.6 Å². The minimum atomic E-state index is -0.246. The van der Waals surface area contributed by atoms with Crippen molar-refractivity contribution in [3.05, 3.63) is 82.0 Å². The number of para-hydroxylation sites is 2. The van der Waals surface area contributed by atoms with Crippen molar-refractivity contribution in [3.8, 4) is 11.4 Å². The minimum absolute atomic E-state index is 0.246. The van der Waals surface area contributed by atoms with Gasteiger partial charge in [-0.2, -0.15) is 0 Å². The van der Waals surface area contributed by atoms with Crippen LogP contribution in [0, 0.1) is 4.77 Å². The molecule has 2 aromatic heterocycles. The Morgan fingerprint density at radius 1 is 0.870 bits per heavy atom. The van der Waals surface area contributed by atoms with Crippen LogP contribution in [-0.2, 0) is 0 Å². The van der Waals surface area contributed by atoms with Crippen molar-refractivity contribution in [2.24, 2.45) is 0 Å². The SMILES string of the molecule is O=c1c2cnoc2n(-c2ccccc2)c(=S)n1-c1ccccc1. The summed E-state index contributed by atoms with van der Waals surface area (Å²) in [7, 11) is 0. The van der Waals surface area contributed by atoms with E-state index in [1.54, 1.807) is 4.57 Å². The van der Waals surface area contributed by atoms with Crippen LogP contribution in [0.4, 0.5) is 0 Å². The highest BCUT2D eigenvalue weighted by Gasteiger charge is 2.16. The van der Waals surface area contributed by atoms with Gasteiger partial charge in [0.1, 0.15) is 5.39 Å². The van der Waals surface area contributed by atoms with Crippen LogP contribution < -0.4 is 5.56 Å². The number of rotatable bonds is 2. The summed E-state index contributed by atoms with van der Waals surface area (Å²) in [5.74, 6) is 0. The van der Waals surface area contributed by atoms with Gasteiger partial charge in [-0.05, 0) is 36.5 Å². The molecule has 0 aliphatic rings. The summed E-state index contributed by atoms with van der Waals surface area (Å²) in [6.07, 6.45) is 1.42. The van der Waals surface area contributed by atoms with E-state index in [0.29, 0.717) is 21.6 Å². The molecule has 0 radical (unpaired) electrons. The lowest BCUT2D eigenvalue weighted by Crippen LogP contribution is -2.23. The number of fused-ring (bicyclic) bond motifs is 1. The van der Waals surface area contributed by atoms with E-state index < -0.39 is 0 Å². The lowest BCUT2D eigenvalue weighted by molar-refractivity contribution is 0.441. The molecule has 0 aliphatic carbocycles. The molecule has 0 N–H and O–H groups in total. The Bertz CT molecular complexity index is 1100. The fraction of sp³-hybridized carbons (Fsp3) is 0. The number of hydrogen-bond acceptors (Lipinski definition) is 4. The first-order valence-corrected chi connectivity index (χ1v) is 7.41. The van der Waals surface area contributed by atoms with Crippen molar-refractivity contribution in [1.29, 1.82) is 0 Å². The normalized spacial score (nSPS) is 11.0.